The molecule has 0 saturated heterocycles. The van der Waals surface area contributed by atoms with Crippen LogP contribution in [-0.4, -0.2) is 54.4 Å². The lowest BCUT2D eigenvalue weighted by atomic mass is 10.3. The van der Waals surface area contributed by atoms with Crippen molar-refractivity contribution in [2.75, 3.05) is 19.8 Å². The minimum Gasteiger partial charge on any atom is -0.462 e. The van der Waals surface area contributed by atoms with Crippen LogP contribution >= 0.6 is 0 Å². The van der Waals surface area contributed by atoms with Crippen molar-refractivity contribution in [2.24, 2.45) is 0 Å². The molecule has 0 amide bonds. The summed E-state index contributed by atoms with van der Waals surface area (Å²) in [6.07, 6.45) is -1.58. The second-order valence-corrected chi connectivity index (χ2v) is 4.12. The normalized spacial score (nSPS) is 12.7. The zero-order valence-corrected chi connectivity index (χ0v) is 13.3. The number of ether oxygens (including phenoxy) is 3. The van der Waals surface area contributed by atoms with Crippen LogP contribution in [-0.2, 0) is 23.8 Å². The second-order valence-electron chi connectivity index (χ2n) is 4.12. The van der Waals surface area contributed by atoms with E-state index in [0.29, 0.717) is 6.42 Å². The SMILES string of the molecule is CCC(C)OC(=O)CC(=O)OC(O)CCO.CCOCC. The lowest BCUT2D eigenvalue weighted by Crippen LogP contribution is -2.23. The van der Waals surface area contributed by atoms with Gasteiger partial charge in [0.1, 0.15) is 6.42 Å². The summed E-state index contributed by atoms with van der Waals surface area (Å²) in [5, 5.41) is 17.4. The fourth-order valence-corrected chi connectivity index (χ4v) is 1.03. The van der Waals surface area contributed by atoms with Gasteiger partial charge in [-0.2, -0.15) is 0 Å². The van der Waals surface area contributed by atoms with E-state index in [0.717, 1.165) is 13.2 Å². The molecule has 0 aromatic carbocycles. The van der Waals surface area contributed by atoms with Crippen molar-refractivity contribution in [3.63, 3.8) is 0 Å². The molecule has 7 nitrogen and oxygen atoms in total. The van der Waals surface area contributed by atoms with E-state index in [2.05, 4.69) is 4.74 Å². The Labute approximate surface area is 126 Å². The molecule has 0 rings (SSSR count). The fraction of sp³-hybridized carbons (Fsp3) is 0.857. The van der Waals surface area contributed by atoms with Gasteiger partial charge in [0.2, 0.25) is 6.29 Å². The Morgan fingerprint density at radius 2 is 1.57 bits per heavy atom. The molecule has 0 saturated carbocycles. The molecule has 0 aliphatic carbocycles. The van der Waals surface area contributed by atoms with E-state index in [1.54, 1.807) is 6.92 Å². The van der Waals surface area contributed by atoms with E-state index >= 15 is 0 Å². The highest BCUT2D eigenvalue weighted by Crippen LogP contribution is 2.02. The minimum absolute atomic E-state index is 0.0772. The molecule has 7 heteroatoms. The summed E-state index contributed by atoms with van der Waals surface area (Å²) in [7, 11) is 0. The monoisotopic (exact) mass is 308 g/mol. The van der Waals surface area contributed by atoms with Crippen LogP contribution in [0.15, 0.2) is 0 Å². The van der Waals surface area contributed by atoms with E-state index in [1.807, 2.05) is 20.8 Å². The zero-order valence-electron chi connectivity index (χ0n) is 13.3. The van der Waals surface area contributed by atoms with Crippen molar-refractivity contribution in [3.05, 3.63) is 0 Å². The van der Waals surface area contributed by atoms with Crippen molar-refractivity contribution in [1.82, 2.24) is 0 Å². The first-order valence-electron chi connectivity index (χ1n) is 7.16. The molecule has 0 aliphatic heterocycles. The molecule has 0 fully saturated rings. The van der Waals surface area contributed by atoms with Crippen LogP contribution in [0.2, 0.25) is 0 Å². The van der Waals surface area contributed by atoms with Gasteiger partial charge in [-0.15, -0.1) is 0 Å². The van der Waals surface area contributed by atoms with Crippen molar-refractivity contribution < 1.29 is 34.0 Å². The average Bonchev–Trinajstić information content (AvgIpc) is 2.39. The molecule has 21 heavy (non-hydrogen) atoms. The number of rotatable bonds is 9. The molecular formula is C14H28O7. The third-order valence-corrected chi connectivity index (χ3v) is 2.25. The maximum absolute atomic E-state index is 11.1. The second kappa shape index (κ2) is 15.2. The molecule has 2 unspecified atom stereocenters. The van der Waals surface area contributed by atoms with Crippen LogP contribution in [0.25, 0.3) is 0 Å². The summed E-state index contributed by atoms with van der Waals surface area (Å²) in [6.45, 7) is 8.93. The first kappa shape index (κ1) is 22.1. The highest BCUT2D eigenvalue weighted by molar-refractivity contribution is 5.91. The quantitative estimate of drug-likeness (QED) is 0.372. The number of aliphatic hydroxyl groups is 2. The molecular weight excluding hydrogens is 280 g/mol. The Morgan fingerprint density at radius 1 is 1.05 bits per heavy atom. The summed E-state index contributed by atoms with van der Waals surface area (Å²) in [4.78, 5) is 22.2. The number of carbonyl (C=O) groups is 2. The van der Waals surface area contributed by atoms with E-state index in [-0.39, 0.29) is 19.1 Å². The molecule has 0 radical (unpaired) electrons. The predicted molar refractivity (Wildman–Crippen MR) is 76.4 cm³/mol. The van der Waals surface area contributed by atoms with Crippen LogP contribution in [0.4, 0.5) is 0 Å². The van der Waals surface area contributed by atoms with Crippen molar-refractivity contribution in [3.8, 4) is 0 Å². The molecule has 0 aromatic heterocycles. The van der Waals surface area contributed by atoms with Gasteiger partial charge < -0.3 is 24.4 Å². The Morgan fingerprint density at radius 3 is 1.95 bits per heavy atom. The van der Waals surface area contributed by atoms with Gasteiger partial charge in [-0.3, -0.25) is 9.59 Å². The number of hydrogen-bond donors (Lipinski definition) is 2. The Bertz CT molecular complexity index is 266. The van der Waals surface area contributed by atoms with Gasteiger partial charge >= 0.3 is 11.9 Å². The van der Waals surface area contributed by atoms with Gasteiger partial charge in [0.25, 0.3) is 0 Å². The van der Waals surface area contributed by atoms with E-state index in [1.165, 1.54) is 0 Å². The van der Waals surface area contributed by atoms with Crippen molar-refractivity contribution in [1.29, 1.82) is 0 Å². The molecule has 0 spiro atoms. The van der Waals surface area contributed by atoms with Gasteiger partial charge in [-0.25, -0.2) is 0 Å². The number of hydrogen-bond acceptors (Lipinski definition) is 7. The van der Waals surface area contributed by atoms with Gasteiger partial charge in [-0.1, -0.05) is 6.92 Å². The Hall–Kier alpha value is -1.18. The number of esters is 2. The highest BCUT2D eigenvalue weighted by Gasteiger charge is 2.17. The molecule has 0 heterocycles. The molecule has 0 aromatic rings. The van der Waals surface area contributed by atoms with Gasteiger partial charge in [0.15, 0.2) is 0 Å². The highest BCUT2D eigenvalue weighted by atomic mass is 16.6. The summed E-state index contributed by atoms with van der Waals surface area (Å²) in [6, 6.07) is 0. The van der Waals surface area contributed by atoms with Gasteiger partial charge in [-0.05, 0) is 27.2 Å². The standard InChI is InChI=1S/C10H18O6.C4H10O/c1-3-7(2)15-9(13)6-10(14)16-8(12)4-5-11;1-3-5-4-2/h7-8,11-12H,3-6H2,1-2H3;3-4H2,1-2H3. The Kier molecular flexibility index (Phi) is 16.0. The maximum Gasteiger partial charge on any atom is 0.319 e. The fourth-order valence-electron chi connectivity index (χ4n) is 1.03. The molecule has 2 atom stereocenters. The van der Waals surface area contributed by atoms with E-state index < -0.39 is 24.6 Å². The molecule has 126 valence electrons. The van der Waals surface area contributed by atoms with E-state index in [4.69, 9.17) is 19.7 Å². The minimum atomic E-state index is -1.38. The zero-order chi connectivity index (χ0) is 16.7. The molecule has 0 aliphatic rings. The lowest BCUT2D eigenvalue weighted by Gasteiger charge is -2.12. The molecule has 2 N–H and O–H groups in total. The van der Waals surface area contributed by atoms with Gasteiger partial charge in [0, 0.05) is 26.2 Å². The van der Waals surface area contributed by atoms with Crippen LogP contribution in [0, 0.1) is 0 Å². The summed E-state index contributed by atoms with van der Waals surface area (Å²) in [5.74, 6) is -1.55. The first-order chi connectivity index (χ1) is 9.90. The summed E-state index contributed by atoms with van der Waals surface area (Å²) >= 11 is 0. The molecule has 0 bridgehead atoms. The van der Waals surface area contributed by atoms with Crippen LogP contribution in [0.5, 0.6) is 0 Å². The number of aliphatic hydroxyl groups excluding tert-OH is 2. The topological polar surface area (TPSA) is 102 Å². The van der Waals surface area contributed by atoms with Crippen molar-refractivity contribution in [2.45, 2.75) is 59.4 Å². The van der Waals surface area contributed by atoms with Crippen LogP contribution in [0.1, 0.15) is 47.0 Å². The smallest absolute Gasteiger partial charge is 0.319 e. The lowest BCUT2D eigenvalue weighted by molar-refractivity contribution is -0.174. The first-order valence-corrected chi connectivity index (χ1v) is 7.16. The van der Waals surface area contributed by atoms with Crippen LogP contribution in [0.3, 0.4) is 0 Å². The predicted octanol–water partition coefficient (Wildman–Crippen LogP) is 1.00. The third kappa shape index (κ3) is 16.8. The maximum atomic E-state index is 11.1. The average molecular weight is 308 g/mol. The Balaban J connectivity index is 0. The van der Waals surface area contributed by atoms with E-state index in [9.17, 15) is 9.59 Å². The third-order valence-electron chi connectivity index (χ3n) is 2.25. The number of carbonyl (C=O) groups excluding carboxylic acids is 2. The largest absolute Gasteiger partial charge is 0.462 e. The summed E-state index contributed by atoms with van der Waals surface area (Å²) < 4.78 is 14.1. The van der Waals surface area contributed by atoms with Gasteiger partial charge in [0.05, 0.1) is 6.10 Å². The summed E-state index contributed by atoms with van der Waals surface area (Å²) in [5.41, 5.74) is 0. The van der Waals surface area contributed by atoms with Crippen LogP contribution < -0.4 is 0 Å². The van der Waals surface area contributed by atoms with Crippen molar-refractivity contribution >= 4 is 11.9 Å².